The van der Waals surface area contributed by atoms with Crippen molar-refractivity contribution in [2.24, 2.45) is 0 Å². The first kappa shape index (κ1) is 21.5. The van der Waals surface area contributed by atoms with Crippen LogP contribution in [0.3, 0.4) is 0 Å². The summed E-state index contributed by atoms with van der Waals surface area (Å²) in [6, 6.07) is 6.89. The maximum atomic E-state index is 12.7. The molecule has 4 rings (SSSR count). The zero-order chi connectivity index (χ0) is 22.1. The first-order valence-electron chi connectivity index (χ1n) is 9.44. The van der Waals surface area contributed by atoms with Gasteiger partial charge in [0.05, 0.1) is 23.3 Å². The van der Waals surface area contributed by atoms with Crippen molar-refractivity contribution in [3.63, 3.8) is 0 Å². The van der Waals surface area contributed by atoms with Gasteiger partial charge in [0, 0.05) is 17.8 Å². The second kappa shape index (κ2) is 8.45. The van der Waals surface area contributed by atoms with Crippen LogP contribution >= 0.6 is 11.6 Å². The molecule has 3 aromatic rings. The highest BCUT2D eigenvalue weighted by Gasteiger charge is 2.45. The van der Waals surface area contributed by atoms with Crippen molar-refractivity contribution in [1.82, 2.24) is 19.7 Å². The normalized spacial score (nSPS) is 21.4. The fourth-order valence-electron chi connectivity index (χ4n) is 3.20. The highest BCUT2D eigenvalue weighted by atomic mass is 35.5. The number of ether oxygens (including phenoxy) is 3. The minimum atomic E-state index is -4.47. The number of rotatable bonds is 6. The third kappa shape index (κ3) is 4.65. The number of alkyl halides is 3. The molecule has 164 valence electrons. The second-order valence-electron chi connectivity index (χ2n) is 6.93. The van der Waals surface area contributed by atoms with Crippen LogP contribution < -0.4 is 4.74 Å². The van der Waals surface area contributed by atoms with Crippen molar-refractivity contribution in [3.8, 4) is 11.6 Å². The van der Waals surface area contributed by atoms with E-state index >= 15 is 0 Å². The molecule has 0 aliphatic carbocycles. The van der Waals surface area contributed by atoms with Gasteiger partial charge in [0.2, 0.25) is 11.7 Å². The Hall–Kier alpha value is -2.69. The van der Waals surface area contributed by atoms with Crippen molar-refractivity contribution in [1.29, 1.82) is 0 Å². The number of hydrogen-bond donors (Lipinski definition) is 0. The number of halogens is 4. The van der Waals surface area contributed by atoms with E-state index in [0.29, 0.717) is 29.1 Å². The number of hydrogen-bond acceptors (Lipinski definition) is 6. The Kier molecular flexibility index (Phi) is 5.87. The molecule has 1 aliphatic heterocycles. The molecule has 0 saturated carbocycles. The number of nitrogens with zero attached hydrogens (tertiary/aromatic N) is 4. The van der Waals surface area contributed by atoms with Gasteiger partial charge in [-0.15, -0.1) is 0 Å². The van der Waals surface area contributed by atoms with Gasteiger partial charge in [0.1, 0.15) is 24.9 Å². The van der Waals surface area contributed by atoms with Crippen LogP contribution in [0.2, 0.25) is 5.02 Å². The maximum Gasteiger partial charge on any atom is 0.417 e. The molecular weight excluding hydrogens is 437 g/mol. The smallest absolute Gasteiger partial charge is 0.417 e. The maximum absolute atomic E-state index is 12.7. The van der Waals surface area contributed by atoms with Crippen molar-refractivity contribution >= 4 is 11.6 Å². The monoisotopic (exact) mass is 454 g/mol. The van der Waals surface area contributed by atoms with Crippen LogP contribution in [0.25, 0.3) is 0 Å². The predicted octanol–water partition coefficient (Wildman–Crippen LogP) is 4.82. The molecule has 2 aromatic heterocycles. The highest BCUT2D eigenvalue weighted by molar-refractivity contribution is 6.31. The van der Waals surface area contributed by atoms with E-state index in [2.05, 4.69) is 15.1 Å². The van der Waals surface area contributed by atoms with E-state index in [1.165, 1.54) is 12.4 Å². The van der Waals surface area contributed by atoms with Crippen molar-refractivity contribution < 1.29 is 27.4 Å². The topological polar surface area (TPSA) is 71.3 Å². The summed E-state index contributed by atoms with van der Waals surface area (Å²) in [4.78, 5) is 7.64. The molecule has 1 aliphatic rings. The Balaban J connectivity index is 1.58. The first-order chi connectivity index (χ1) is 14.8. The van der Waals surface area contributed by atoms with Gasteiger partial charge in [0.25, 0.3) is 0 Å². The van der Waals surface area contributed by atoms with Crippen LogP contribution in [-0.4, -0.2) is 32.5 Å². The zero-order valence-corrected chi connectivity index (χ0v) is 17.1. The molecule has 0 amide bonds. The summed E-state index contributed by atoms with van der Waals surface area (Å²) in [7, 11) is 0. The Morgan fingerprint density at radius 2 is 2.13 bits per heavy atom. The van der Waals surface area contributed by atoms with Crippen LogP contribution in [0.4, 0.5) is 13.2 Å². The van der Waals surface area contributed by atoms with Gasteiger partial charge in [-0.05, 0) is 30.7 Å². The fourth-order valence-corrected chi connectivity index (χ4v) is 3.51. The summed E-state index contributed by atoms with van der Waals surface area (Å²) in [5, 5.41) is 4.42. The fraction of sp³-hybridized carbons (Fsp3) is 0.350. The minimum Gasteiger partial charge on any atom is -0.439 e. The van der Waals surface area contributed by atoms with Crippen molar-refractivity contribution in [2.45, 2.75) is 38.0 Å². The summed E-state index contributed by atoms with van der Waals surface area (Å²) >= 11 is 6.53. The average Bonchev–Trinajstić information content (AvgIpc) is 3.38. The molecule has 0 radical (unpaired) electrons. The summed E-state index contributed by atoms with van der Waals surface area (Å²) in [6.45, 7) is 2.63. The van der Waals surface area contributed by atoms with E-state index in [9.17, 15) is 13.2 Å². The van der Waals surface area contributed by atoms with Crippen LogP contribution in [-0.2, 0) is 28.0 Å². The lowest BCUT2D eigenvalue weighted by Crippen LogP contribution is -2.34. The van der Waals surface area contributed by atoms with Gasteiger partial charge < -0.3 is 14.2 Å². The molecule has 1 aromatic carbocycles. The molecule has 1 fully saturated rings. The lowest BCUT2D eigenvalue weighted by atomic mass is 10.1. The van der Waals surface area contributed by atoms with E-state index in [4.69, 9.17) is 25.8 Å². The Morgan fingerprint density at radius 1 is 1.29 bits per heavy atom. The lowest BCUT2D eigenvalue weighted by Gasteiger charge is -2.29. The third-order valence-corrected chi connectivity index (χ3v) is 5.10. The van der Waals surface area contributed by atoms with Crippen LogP contribution in [0.5, 0.6) is 11.6 Å². The van der Waals surface area contributed by atoms with Crippen molar-refractivity contribution in [2.75, 3.05) is 6.61 Å². The van der Waals surface area contributed by atoms with Crippen LogP contribution in [0, 0.1) is 0 Å². The summed E-state index contributed by atoms with van der Waals surface area (Å²) in [5.74, 6) is -0.841. The Morgan fingerprint density at radius 3 is 2.71 bits per heavy atom. The molecule has 1 saturated heterocycles. The van der Waals surface area contributed by atoms with E-state index in [1.54, 1.807) is 23.1 Å². The number of aromatic nitrogens is 4. The van der Waals surface area contributed by atoms with Gasteiger partial charge in [0.15, 0.2) is 0 Å². The lowest BCUT2D eigenvalue weighted by molar-refractivity contribution is -0.188. The van der Waals surface area contributed by atoms with Gasteiger partial charge in [-0.3, -0.25) is 0 Å². The van der Waals surface area contributed by atoms with E-state index < -0.39 is 17.5 Å². The standard InChI is InChI=1S/C20H18ClF3N4O3/c1-2-14-9-29-19(31-14,10-28-12-25-11-27-28)16-5-4-15(7-17(16)21)30-18-6-3-13(8-26-18)20(22,23)24/h3-8,11-12,14H,2,9-10H2,1H3. The predicted molar refractivity (Wildman–Crippen MR) is 104 cm³/mol. The molecule has 11 heteroatoms. The molecule has 31 heavy (non-hydrogen) atoms. The third-order valence-electron chi connectivity index (χ3n) is 4.79. The molecular formula is C20H18ClF3N4O3. The zero-order valence-electron chi connectivity index (χ0n) is 16.3. The first-order valence-corrected chi connectivity index (χ1v) is 9.82. The number of benzene rings is 1. The SMILES string of the molecule is CCC1COC(Cn2cncn2)(c2ccc(Oc3ccc(C(F)(F)F)cn3)cc2Cl)O1. The van der Waals surface area contributed by atoms with E-state index in [0.717, 1.165) is 18.6 Å². The van der Waals surface area contributed by atoms with Crippen LogP contribution in [0.1, 0.15) is 24.5 Å². The minimum absolute atomic E-state index is 0.00792. The largest absolute Gasteiger partial charge is 0.439 e. The highest BCUT2D eigenvalue weighted by Crippen LogP contribution is 2.41. The second-order valence-corrected chi connectivity index (χ2v) is 7.34. The summed E-state index contributed by atoms with van der Waals surface area (Å²) in [6.07, 6.45) is -0.134. The molecule has 0 N–H and O–H groups in total. The van der Waals surface area contributed by atoms with E-state index in [-0.39, 0.29) is 18.5 Å². The van der Waals surface area contributed by atoms with Gasteiger partial charge in [-0.25, -0.2) is 14.6 Å². The Bertz CT molecular complexity index is 1030. The quantitative estimate of drug-likeness (QED) is 0.532. The molecule has 7 nitrogen and oxygen atoms in total. The molecule has 2 unspecified atom stereocenters. The van der Waals surface area contributed by atoms with Crippen LogP contribution in [0.15, 0.2) is 49.2 Å². The molecule has 0 bridgehead atoms. The average molecular weight is 455 g/mol. The molecule has 0 spiro atoms. The van der Waals surface area contributed by atoms with Gasteiger partial charge >= 0.3 is 6.18 Å². The number of pyridine rings is 1. The Labute approximate surface area is 180 Å². The molecule has 2 atom stereocenters. The summed E-state index contributed by atoms with van der Waals surface area (Å²) in [5.41, 5.74) is -0.280. The summed E-state index contributed by atoms with van der Waals surface area (Å²) < 4.78 is 57.4. The van der Waals surface area contributed by atoms with Gasteiger partial charge in [-0.2, -0.15) is 18.3 Å². The van der Waals surface area contributed by atoms with Gasteiger partial charge in [-0.1, -0.05) is 18.5 Å². The van der Waals surface area contributed by atoms with E-state index in [1.807, 2.05) is 6.92 Å². The molecule has 3 heterocycles. The van der Waals surface area contributed by atoms with Crippen molar-refractivity contribution in [3.05, 3.63) is 65.3 Å².